The Morgan fingerprint density at radius 2 is 2.44 bits per heavy atom. The molecule has 0 radical (unpaired) electrons. The third-order valence-electron chi connectivity index (χ3n) is 2.60. The van der Waals surface area contributed by atoms with E-state index in [0.717, 1.165) is 0 Å². The van der Waals surface area contributed by atoms with Gasteiger partial charge in [-0.15, -0.1) is 0 Å². The molecule has 1 amide bonds. The Bertz CT molecular complexity index is 375. The number of hydrogen-bond donors (Lipinski definition) is 1. The lowest BCUT2D eigenvalue weighted by atomic mass is 10.3. The summed E-state index contributed by atoms with van der Waals surface area (Å²) < 4.78 is 10.7. The first-order valence-electron chi connectivity index (χ1n) is 5.40. The van der Waals surface area contributed by atoms with Gasteiger partial charge in [0.15, 0.2) is 5.76 Å². The quantitative estimate of drug-likeness (QED) is 0.798. The highest BCUT2D eigenvalue weighted by Crippen LogP contribution is 2.13. The molecule has 1 aromatic rings. The molecule has 16 heavy (non-hydrogen) atoms. The zero-order chi connectivity index (χ0) is 11.5. The lowest BCUT2D eigenvalue weighted by Gasteiger charge is -2.30. The van der Waals surface area contributed by atoms with Crippen molar-refractivity contribution in [2.75, 3.05) is 19.7 Å². The molecule has 2 N–H and O–H groups in total. The van der Waals surface area contributed by atoms with E-state index in [1.54, 1.807) is 17.0 Å². The number of furan rings is 1. The Balaban J connectivity index is 2.06. The van der Waals surface area contributed by atoms with Gasteiger partial charge in [-0.2, -0.15) is 0 Å². The molecule has 1 aromatic heterocycles. The van der Waals surface area contributed by atoms with E-state index < -0.39 is 0 Å². The van der Waals surface area contributed by atoms with E-state index in [1.165, 1.54) is 0 Å². The summed E-state index contributed by atoms with van der Waals surface area (Å²) in [6.45, 7) is 4.07. The molecule has 1 unspecified atom stereocenters. The summed E-state index contributed by atoms with van der Waals surface area (Å²) in [6.07, 6.45) is 0.0849. The normalized spacial score (nSPS) is 21.1. The van der Waals surface area contributed by atoms with Crippen LogP contribution in [0.2, 0.25) is 0 Å². The van der Waals surface area contributed by atoms with Gasteiger partial charge in [0.1, 0.15) is 5.76 Å². The molecule has 0 aromatic carbocycles. The van der Waals surface area contributed by atoms with E-state index in [9.17, 15) is 4.79 Å². The maximum atomic E-state index is 12.0. The van der Waals surface area contributed by atoms with Crippen molar-refractivity contribution in [3.63, 3.8) is 0 Å². The smallest absolute Gasteiger partial charge is 0.289 e. The lowest BCUT2D eigenvalue weighted by molar-refractivity contribution is -0.0135. The largest absolute Gasteiger partial charge is 0.455 e. The molecule has 1 aliphatic rings. The fraction of sp³-hybridized carbons (Fsp3) is 0.545. The maximum absolute atomic E-state index is 12.0. The molecule has 0 saturated carbocycles. The molecule has 5 nitrogen and oxygen atoms in total. The van der Waals surface area contributed by atoms with E-state index in [2.05, 4.69) is 0 Å². The summed E-state index contributed by atoms with van der Waals surface area (Å²) in [5, 5.41) is 0. The van der Waals surface area contributed by atoms with Crippen molar-refractivity contribution in [2.24, 2.45) is 5.73 Å². The highest BCUT2D eigenvalue weighted by molar-refractivity contribution is 5.91. The van der Waals surface area contributed by atoms with E-state index in [-0.39, 0.29) is 12.0 Å². The van der Waals surface area contributed by atoms with Crippen molar-refractivity contribution >= 4 is 5.91 Å². The number of morpholine rings is 1. The maximum Gasteiger partial charge on any atom is 0.289 e. The standard InChI is InChI=1S/C11H16N2O3/c1-8-7-13(4-5-15-8)11(14)10-3-2-9(6-12)16-10/h2-3,8H,4-7,12H2,1H3. The number of carbonyl (C=O) groups is 1. The van der Waals surface area contributed by atoms with Gasteiger partial charge in [-0.25, -0.2) is 0 Å². The molecule has 0 aliphatic carbocycles. The molecule has 0 spiro atoms. The first kappa shape index (κ1) is 11.2. The van der Waals surface area contributed by atoms with Gasteiger partial charge in [-0.3, -0.25) is 4.79 Å². The summed E-state index contributed by atoms with van der Waals surface area (Å²) in [5.74, 6) is 0.897. The zero-order valence-corrected chi connectivity index (χ0v) is 9.31. The van der Waals surface area contributed by atoms with Crippen molar-refractivity contribution < 1.29 is 13.9 Å². The van der Waals surface area contributed by atoms with E-state index >= 15 is 0 Å². The van der Waals surface area contributed by atoms with E-state index in [0.29, 0.717) is 37.8 Å². The fourth-order valence-electron chi connectivity index (χ4n) is 1.76. The number of rotatable bonds is 2. The van der Waals surface area contributed by atoms with Crippen molar-refractivity contribution in [2.45, 2.75) is 19.6 Å². The molecule has 0 bridgehead atoms. The average molecular weight is 224 g/mol. The summed E-state index contributed by atoms with van der Waals surface area (Å²) in [6, 6.07) is 3.40. The van der Waals surface area contributed by atoms with Gasteiger partial charge in [0.2, 0.25) is 0 Å². The van der Waals surface area contributed by atoms with Crippen LogP contribution in [0.1, 0.15) is 23.2 Å². The monoisotopic (exact) mass is 224 g/mol. The summed E-state index contributed by atoms with van der Waals surface area (Å²) in [7, 11) is 0. The van der Waals surface area contributed by atoms with Gasteiger partial charge in [0.05, 0.1) is 19.3 Å². The highest BCUT2D eigenvalue weighted by atomic mass is 16.5. The third-order valence-corrected chi connectivity index (χ3v) is 2.60. The van der Waals surface area contributed by atoms with Crippen LogP contribution in [0.15, 0.2) is 16.5 Å². The molecular weight excluding hydrogens is 208 g/mol. The van der Waals surface area contributed by atoms with Gasteiger partial charge >= 0.3 is 0 Å². The number of ether oxygens (including phenoxy) is 1. The van der Waals surface area contributed by atoms with Crippen LogP contribution >= 0.6 is 0 Å². The van der Waals surface area contributed by atoms with Crippen LogP contribution in [0.3, 0.4) is 0 Å². The topological polar surface area (TPSA) is 68.7 Å². The Labute approximate surface area is 94.1 Å². The Morgan fingerprint density at radius 1 is 1.62 bits per heavy atom. The molecule has 1 atom stereocenters. The van der Waals surface area contributed by atoms with Gasteiger partial charge in [-0.1, -0.05) is 0 Å². The predicted molar refractivity (Wildman–Crippen MR) is 57.9 cm³/mol. The number of carbonyl (C=O) groups excluding carboxylic acids is 1. The van der Waals surface area contributed by atoms with Crippen molar-refractivity contribution in [3.8, 4) is 0 Å². The van der Waals surface area contributed by atoms with Crippen LogP contribution in [0.25, 0.3) is 0 Å². The summed E-state index contributed by atoms with van der Waals surface area (Å²) in [5.41, 5.74) is 5.43. The minimum Gasteiger partial charge on any atom is -0.455 e. The van der Waals surface area contributed by atoms with E-state index in [1.807, 2.05) is 6.92 Å². The van der Waals surface area contributed by atoms with Crippen LogP contribution < -0.4 is 5.73 Å². The minimum atomic E-state index is -0.0881. The SMILES string of the molecule is CC1CN(C(=O)c2ccc(CN)o2)CCO1. The second kappa shape index (κ2) is 4.67. The molecule has 5 heteroatoms. The van der Waals surface area contributed by atoms with Crippen LogP contribution in [0.4, 0.5) is 0 Å². The first-order chi connectivity index (χ1) is 7.70. The van der Waals surface area contributed by atoms with Gasteiger partial charge in [0.25, 0.3) is 5.91 Å². The molecule has 2 rings (SSSR count). The highest BCUT2D eigenvalue weighted by Gasteiger charge is 2.24. The molecule has 2 heterocycles. The molecular formula is C11H16N2O3. The molecule has 1 fully saturated rings. The molecule has 1 aliphatic heterocycles. The van der Waals surface area contributed by atoms with Gasteiger partial charge in [0, 0.05) is 13.1 Å². The van der Waals surface area contributed by atoms with Crippen LogP contribution in [-0.2, 0) is 11.3 Å². The zero-order valence-electron chi connectivity index (χ0n) is 9.31. The Hall–Kier alpha value is -1.33. The van der Waals surface area contributed by atoms with E-state index in [4.69, 9.17) is 14.9 Å². The average Bonchev–Trinajstić information content (AvgIpc) is 2.76. The van der Waals surface area contributed by atoms with Gasteiger partial charge < -0.3 is 19.8 Å². The van der Waals surface area contributed by atoms with Crippen LogP contribution in [0, 0.1) is 0 Å². The van der Waals surface area contributed by atoms with Gasteiger partial charge in [-0.05, 0) is 19.1 Å². The predicted octanol–water partition coefficient (Wildman–Crippen LogP) is 0.599. The van der Waals surface area contributed by atoms with Crippen LogP contribution in [0.5, 0.6) is 0 Å². The second-order valence-corrected chi connectivity index (χ2v) is 3.90. The number of nitrogens with zero attached hydrogens (tertiary/aromatic N) is 1. The lowest BCUT2D eigenvalue weighted by Crippen LogP contribution is -2.44. The Morgan fingerprint density at radius 3 is 3.06 bits per heavy atom. The third kappa shape index (κ3) is 2.25. The van der Waals surface area contributed by atoms with Crippen molar-refractivity contribution in [1.82, 2.24) is 4.90 Å². The minimum absolute atomic E-state index is 0.0849. The molecule has 1 saturated heterocycles. The number of amides is 1. The number of nitrogens with two attached hydrogens (primary N) is 1. The Kier molecular flexibility index (Phi) is 3.26. The fourth-order valence-corrected chi connectivity index (χ4v) is 1.76. The van der Waals surface area contributed by atoms with Crippen molar-refractivity contribution in [1.29, 1.82) is 0 Å². The molecule has 88 valence electrons. The first-order valence-corrected chi connectivity index (χ1v) is 5.40. The van der Waals surface area contributed by atoms with Crippen molar-refractivity contribution in [3.05, 3.63) is 23.7 Å². The second-order valence-electron chi connectivity index (χ2n) is 3.90. The summed E-state index contributed by atoms with van der Waals surface area (Å²) >= 11 is 0. The summed E-state index contributed by atoms with van der Waals surface area (Å²) in [4.78, 5) is 13.8. The number of hydrogen-bond acceptors (Lipinski definition) is 4. The van der Waals surface area contributed by atoms with Crippen LogP contribution in [-0.4, -0.2) is 36.6 Å².